The Kier molecular flexibility index (Phi) is 5.33. The smallest absolute Gasteiger partial charge is 0.254 e. The standard InChI is InChI=1S/C24H25F2N3O2/c25-18-6-7-21(26)20(8-18)23-22(27)9-19(14-31-23)28-10-16-12-29(13-17(16)11-28)24(30)15-4-2-1-3-5-15/h1-8,19,22-23H,9-14,27H2/t19-,22+,23-/m1/s1. The Balaban J connectivity index is 1.18. The van der Waals surface area contributed by atoms with E-state index < -0.39 is 23.8 Å². The highest BCUT2D eigenvalue weighted by molar-refractivity contribution is 5.94. The normalized spacial score (nSPS) is 26.4. The number of nitrogens with two attached hydrogens (primary N) is 1. The zero-order valence-electron chi connectivity index (χ0n) is 17.1. The number of hydrogen-bond donors (Lipinski definition) is 1. The molecule has 2 N–H and O–H groups in total. The molecule has 1 amide bonds. The Hall–Kier alpha value is -2.61. The van der Waals surface area contributed by atoms with E-state index in [1.807, 2.05) is 35.2 Å². The van der Waals surface area contributed by atoms with Crippen LogP contribution in [0.5, 0.6) is 0 Å². The van der Waals surface area contributed by atoms with E-state index in [1.165, 1.54) is 17.2 Å². The lowest BCUT2D eigenvalue weighted by Gasteiger charge is -2.39. The Morgan fingerprint density at radius 1 is 1.00 bits per heavy atom. The van der Waals surface area contributed by atoms with Crippen molar-refractivity contribution >= 4 is 5.91 Å². The van der Waals surface area contributed by atoms with E-state index in [0.29, 0.717) is 31.7 Å². The highest BCUT2D eigenvalue weighted by Crippen LogP contribution is 2.34. The van der Waals surface area contributed by atoms with Crippen molar-refractivity contribution in [2.24, 2.45) is 5.73 Å². The van der Waals surface area contributed by atoms with Gasteiger partial charge < -0.3 is 15.4 Å². The Bertz CT molecular complexity index is 1010. The molecule has 162 valence electrons. The molecule has 0 aliphatic carbocycles. The van der Waals surface area contributed by atoms with Crippen LogP contribution in [0.3, 0.4) is 0 Å². The Labute approximate surface area is 180 Å². The zero-order chi connectivity index (χ0) is 21.5. The van der Waals surface area contributed by atoms with Crippen LogP contribution in [0.1, 0.15) is 28.4 Å². The van der Waals surface area contributed by atoms with Crippen LogP contribution in [0, 0.1) is 11.6 Å². The van der Waals surface area contributed by atoms with E-state index in [0.717, 1.165) is 25.2 Å². The largest absolute Gasteiger partial charge is 0.370 e. The van der Waals surface area contributed by atoms with Crippen molar-refractivity contribution in [2.75, 3.05) is 32.8 Å². The first kappa shape index (κ1) is 20.3. The first-order valence-corrected chi connectivity index (χ1v) is 10.6. The molecule has 1 saturated heterocycles. The van der Waals surface area contributed by atoms with Gasteiger partial charge in [-0.15, -0.1) is 0 Å². The highest BCUT2D eigenvalue weighted by Gasteiger charge is 2.39. The minimum atomic E-state index is -0.645. The number of nitrogens with zero attached hydrogens (tertiary/aromatic N) is 2. The molecular weight excluding hydrogens is 400 g/mol. The predicted octanol–water partition coefficient (Wildman–Crippen LogP) is 2.89. The fourth-order valence-corrected chi connectivity index (χ4v) is 4.93. The number of carbonyl (C=O) groups is 1. The van der Waals surface area contributed by atoms with E-state index in [2.05, 4.69) is 4.90 Å². The maximum atomic E-state index is 14.2. The van der Waals surface area contributed by atoms with Crippen LogP contribution >= 0.6 is 0 Å². The van der Waals surface area contributed by atoms with Gasteiger partial charge in [0, 0.05) is 49.4 Å². The van der Waals surface area contributed by atoms with Crippen LogP contribution in [-0.4, -0.2) is 60.6 Å². The van der Waals surface area contributed by atoms with Gasteiger partial charge in [-0.1, -0.05) is 18.2 Å². The minimum absolute atomic E-state index is 0.0598. The molecule has 0 spiro atoms. The summed E-state index contributed by atoms with van der Waals surface area (Å²) in [5, 5.41) is 0. The summed E-state index contributed by atoms with van der Waals surface area (Å²) in [6.45, 7) is 3.29. The summed E-state index contributed by atoms with van der Waals surface area (Å²) in [7, 11) is 0. The number of benzene rings is 2. The molecule has 31 heavy (non-hydrogen) atoms. The molecule has 3 aliphatic heterocycles. The molecule has 3 heterocycles. The van der Waals surface area contributed by atoms with E-state index in [9.17, 15) is 13.6 Å². The summed E-state index contributed by atoms with van der Waals surface area (Å²) in [6.07, 6.45) is 0.00162. The molecule has 2 aromatic carbocycles. The van der Waals surface area contributed by atoms with Gasteiger partial charge in [0.15, 0.2) is 0 Å². The first-order valence-electron chi connectivity index (χ1n) is 10.6. The SMILES string of the molecule is N[C@H]1C[C@@H](N2CC3=C(CN(C(=O)c4ccccc4)C3)C2)CO[C@@H]1c1cc(F)ccc1F. The van der Waals surface area contributed by atoms with Crippen molar-refractivity contribution in [3.63, 3.8) is 0 Å². The Morgan fingerprint density at radius 3 is 2.39 bits per heavy atom. The predicted molar refractivity (Wildman–Crippen MR) is 112 cm³/mol. The van der Waals surface area contributed by atoms with Crippen LogP contribution < -0.4 is 5.73 Å². The van der Waals surface area contributed by atoms with Gasteiger partial charge in [0.2, 0.25) is 0 Å². The second kappa shape index (κ2) is 8.15. The molecule has 3 aliphatic rings. The summed E-state index contributed by atoms with van der Waals surface area (Å²) in [5.74, 6) is -0.932. The van der Waals surface area contributed by atoms with E-state index >= 15 is 0 Å². The number of amides is 1. The van der Waals surface area contributed by atoms with Crippen molar-refractivity contribution in [1.82, 2.24) is 9.80 Å². The van der Waals surface area contributed by atoms with Crippen molar-refractivity contribution in [1.29, 1.82) is 0 Å². The molecule has 0 radical (unpaired) electrons. The second-order valence-corrected chi connectivity index (χ2v) is 8.61. The Morgan fingerprint density at radius 2 is 1.71 bits per heavy atom. The molecule has 2 aromatic rings. The fourth-order valence-electron chi connectivity index (χ4n) is 4.93. The van der Waals surface area contributed by atoms with Crippen molar-refractivity contribution < 1.29 is 18.3 Å². The molecule has 0 unspecified atom stereocenters. The number of hydrogen-bond acceptors (Lipinski definition) is 4. The van der Waals surface area contributed by atoms with Crippen molar-refractivity contribution in [3.8, 4) is 0 Å². The summed E-state index contributed by atoms with van der Waals surface area (Å²) in [5.41, 5.74) is 9.79. The van der Waals surface area contributed by atoms with Crippen LogP contribution in [0.2, 0.25) is 0 Å². The molecule has 5 rings (SSSR count). The average molecular weight is 425 g/mol. The number of halogens is 2. The molecule has 0 bridgehead atoms. The molecular formula is C24H25F2N3O2. The lowest BCUT2D eigenvalue weighted by molar-refractivity contribution is -0.0468. The van der Waals surface area contributed by atoms with Crippen LogP contribution in [0.25, 0.3) is 0 Å². The quantitative estimate of drug-likeness (QED) is 0.769. The van der Waals surface area contributed by atoms with Crippen LogP contribution in [0.4, 0.5) is 8.78 Å². The number of ether oxygens (including phenoxy) is 1. The maximum Gasteiger partial charge on any atom is 0.254 e. The summed E-state index contributed by atoms with van der Waals surface area (Å²) >= 11 is 0. The summed E-state index contributed by atoms with van der Waals surface area (Å²) < 4.78 is 33.6. The summed E-state index contributed by atoms with van der Waals surface area (Å²) in [4.78, 5) is 16.9. The summed E-state index contributed by atoms with van der Waals surface area (Å²) in [6, 6.07) is 12.4. The van der Waals surface area contributed by atoms with Gasteiger partial charge in [0.05, 0.1) is 6.61 Å². The maximum absolute atomic E-state index is 14.2. The van der Waals surface area contributed by atoms with Gasteiger partial charge >= 0.3 is 0 Å². The van der Waals surface area contributed by atoms with Gasteiger partial charge in [-0.25, -0.2) is 8.78 Å². The van der Waals surface area contributed by atoms with Crippen LogP contribution in [-0.2, 0) is 4.74 Å². The number of rotatable bonds is 3. The monoisotopic (exact) mass is 425 g/mol. The first-order chi connectivity index (χ1) is 15.0. The van der Waals surface area contributed by atoms with Gasteiger partial charge in [-0.05, 0) is 47.9 Å². The lowest BCUT2D eigenvalue weighted by atomic mass is 9.93. The molecule has 7 heteroatoms. The molecule has 0 aromatic heterocycles. The number of carbonyl (C=O) groups excluding carboxylic acids is 1. The second-order valence-electron chi connectivity index (χ2n) is 8.61. The zero-order valence-corrected chi connectivity index (χ0v) is 17.1. The minimum Gasteiger partial charge on any atom is -0.370 e. The van der Waals surface area contributed by atoms with Crippen LogP contribution in [0.15, 0.2) is 59.7 Å². The van der Waals surface area contributed by atoms with Gasteiger partial charge in [-0.3, -0.25) is 9.69 Å². The molecule has 0 saturated carbocycles. The molecule has 5 nitrogen and oxygen atoms in total. The van der Waals surface area contributed by atoms with E-state index in [-0.39, 0.29) is 17.5 Å². The van der Waals surface area contributed by atoms with Gasteiger partial charge in [0.25, 0.3) is 5.91 Å². The highest BCUT2D eigenvalue weighted by atomic mass is 19.1. The third-order valence-corrected chi connectivity index (χ3v) is 6.54. The van der Waals surface area contributed by atoms with Gasteiger partial charge in [0.1, 0.15) is 17.7 Å². The van der Waals surface area contributed by atoms with Crippen molar-refractivity contribution in [2.45, 2.75) is 24.6 Å². The van der Waals surface area contributed by atoms with E-state index in [4.69, 9.17) is 10.5 Å². The topological polar surface area (TPSA) is 58.8 Å². The molecule has 3 atom stereocenters. The van der Waals surface area contributed by atoms with E-state index in [1.54, 1.807) is 0 Å². The third kappa shape index (κ3) is 3.89. The van der Waals surface area contributed by atoms with Gasteiger partial charge in [-0.2, -0.15) is 0 Å². The average Bonchev–Trinajstić information content (AvgIpc) is 3.35. The fraction of sp³-hybridized carbons (Fsp3) is 0.375. The lowest BCUT2D eigenvalue weighted by Crippen LogP contribution is -2.49. The molecule has 1 fully saturated rings. The van der Waals surface area contributed by atoms with Crippen molar-refractivity contribution in [3.05, 3.63) is 82.4 Å². The third-order valence-electron chi connectivity index (χ3n) is 6.54.